The molecule has 1 aliphatic heterocycles. The number of carbonyl (C=O) groups excluding carboxylic acids is 2. The fourth-order valence-electron chi connectivity index (χ4n) is 5.50. The van der Waals surface area contributed by atoms with Crippen LogP contribution in [0.4, 0.5) is 5.69 Å². The van der Waals surface area contributed by atoms with Gasteiger partial charge in [0.15, 0.2) is 0 Å². The van der Waals surface area contributed by atoms with Crippen LogP contribution in [0.3, 0.4) is 0 Å². The van der Waals surface area contributed by atoms with Gasteiger partial charge in [0, 0.05) is 50.7 Å². The summed E-state index contributed by atoms with van der Waals surface area (Å²) >= 11 is 0. The zero-order chi connectivity index (χ0) is 21.4. The minimum atomic E-state index is -0.168. The standard InChI is InChI=1S/C24H37N3O2/c1-17-9-7-8-10-21(17)26-13-15-27(16-14-26)22(29)20-11-12-24(6,23(20,4)5)18(2)25-19(3)28/h7-10,18,20H,11-16H2,1-6H3,(H,25,28)/t18?,20?,24-/m0/s1. The first-order chi connectivity index (χ1) is 13.6. The molecule has 5 nitrogen and oxygen atoms in total. The molecular weight excluding hydrogens is 362 g/mol. The highest BCUT2D eigenvalue weighted by atomic mass is 16.2. The van der Waals surface area contributed by atoms with Crippen molar-refractivity contribution in [3.05, 3.63) is 29.8 Å². The number of nitrogens with one attached hydrogen (secondary N) is 1. The van der Waals surface area contributed by atoms with Crippen molar-refractivity contribution in [2.24, 2.45) is 16.7 Å². The lowest BCUT2D eigenvalue weighted by atomic mass is 9.62. The van der Waals surface area contributed by atoms with E-state index in [1.807, 2.05) is 0 Å². The number of piperazine rings is 1. The zero-order valence-electron chi connectivity index (χ0n) is 18.9. The number of amides is 2. The monoisotopic (exact) mass is 399 g/mol. The smallest absolute Gasteiger partial charge is 0.226 e. The van der Waals surface area contributed by atoms with Crippen LogP contribution in [-0.2, 0) is 9.59 Å². The minimum Gasteiger partial charge on any atom is -0.368 e. The fourth-order valence-corrected chi connectivity index (χ4v) is 5.50. The van der Waals surface area contributed by atoms with E-state index in [-0.39, 0.29) is 34.6 Å². The summed E-state index contributed by atoms with van der Waals surface area (Å²) in [5.74, 6) is 0.295. The van der Waals surface area contributed by atoms with E-state index in [4.69, 9.17) is 0 Å². The highest BCUT2D eigenvalue weighted by molar-refractivity contribution is 5.81. The molecule has 0 radical (unpaired) electrons. The van der Waals surface area contributed by atoms with Crippen molar-refractivity contribution in [1.82, 2.24) is 10.2 Å². The van der Waals surface area contributed by atoms with Crippen molar-refractivity contribution in [2.75, 3.05) is 31.1 Å². The first kappa shape index (κ1) is 21.7. The van der Waals surface area contributed by atoms with Crippen molar-refractivity contribution < 1.29 is 9.59 Å². The second kappa shape index (κ2) is 8.00. The van der Waals surface area contributed by atoms with Crippen molar-refractivity contribution in [2.45, 2.75) is 60.4 Å². The van der Waals surface area contributed by atoms with E-state index >= 15 is 0 Å². The molecule has 0 bridgehead atoms. The maximum absolute atomic E-state index is 13.5. The number of rotatable bonds is 4. The van der Waals surface area contributed by atoms with E-state index in [9.17, 15) is 9.59 Å². The van der Waals surface area contributed by atoms with E-state index in [0.29, 0.717) is 0 Å². The summed E-state index contributed by atoms with van der Waals surface area (Å²) in [7, 11) is 0. The Morgan fingerprint density at radius 1 is 1.10 bits per heavy atom. The van der Waals surface area contributed by atoms with Gasteiger partial charge in [-0.05, 0) is 49.1 Å². The molecule has 3 rings (SSSR count). The average Bonchev–Trinajstić information content (AvgIpc) is 2.91. The van der Waals surface area contributed by atoms with Gasteiger partial charge in [0.05, 0.1) is 0 Å². The van der Waals surface area contributed by atoms with E-state index in [0.717, 1.165) is 39.0 Å². The van der Waals surface area contributed by atoms with Crippen LogP contribution in [-0.4, -0.2) is 48.9 Å². The largest absolute Gasteiger partial charge is 0.368 e. The molecule has 0 aromatic heterocycles. The van der Waals surface area contributed by atoms with Crippen LogP contribution < -0.4 is 10.2 Å². The van der Waals surface area contributed by atoms with Crippen molar-refractivity contribution >= 4 is 17.5 Å². The highest BCUT2D eigenvalue weighted by Gasteiger charge is 2.57. The van der Waals surface area contributed by atoms with Gasteiger partial charge in [0.25, 0.3) is 0 Å². The third-order valence-corrected chi connectivity index (χ3v) is 8.02. The first-order valence-corrected chi connectivity index (χ1v) is 10.9. The maximum Gasteiger partial charge on any atom is 0.226 e. The predicted molar refractivity (Wildman–Crippen MR) is 118 cm³/mol. The average molecular weight is 400 g/mol. The second-order valence-electron chi connectivity index (χ2n) is 9.75. The normalized spacial score (nSPS) is 27.6. The molecule has 2 amide bonds. The van der Waals surface area contributed by atoms with Gasteiger partial charge >= 0.3 is 0 Å². The predicted octanol–water partition coefficient (Wildman–Crippen LogP) is 3.61. The van der Waals surface area contributed by atoms with Crippen LogP contribution >= 0.6 is 0 Å². The summed E-state index contributed by atoms with van der Waals surface area (Å²) in [5.41, 5.74) is 2.30. The number of para-hydroxylation sites is 1. The molecule has 1 saturated heterocycles. The maximum atomic E-state index is 13.5. The Bertz CT molecular complexity index is 767. The lowest BCUT2D eigenvalue weighted by Gasteiger charge is -2.47. The molecule has 2 unspecified atom stereocenters. The molecule has 1 saturated carbocycles. The Balaban J connectivity index is 1.67. The third-order valence-electron chi connectivity index (χ3n) is 8.02. The molecule has 1 aromatic rings. The SMILES string of the molecule is CC(=O)NC(C)[C@]1(C)CCC(C(=O)N2CCN(c3ccccc3C)CC2)C1(C)C. The van der Waals surface area contributed by atoms with Crippen LogP contribution in [0.1, 0.15) is 53.0 Å². The number of anilines is 1. The quantitative estimate of drug-likeness (QED) is 0.841. The second-order valence-corrected chi connectivity index (χ2v) is 9.75. The Morgan fingerprint density at radius 2 is 1.72 bits per heavy atom. The Hall–Kier alpha value is -2.04. The molecule has 160 valence electrons. The molecule has 2 aliphatic rings. The van der Waals surface area contributed by atoms with Crippen LogP contribution in [0.25, 0.3) is 0 Å². The molecule has 1 aromatic carbocycles. The van der Waals surface area contributed by atoms with Gasteiger partial charge in [-0.1, -0.05) is 39.0 Å². The van der Waals surface area contributed by atoms with Gasteiger partial charge in [-0.15, -0.1) is 0 Å². The molecule has 0 spiro atoms. The van der Waals surface area contributed by atoms with Crippen LogP contribution in [0.15, 0.2) is 24.3 Å². The third kappa shape index (κ3) is 3.88. The van der Waals surface area contributed by atoms with Crippen molar-refractivity contribution in [1.29, 1.82) is 0 Å². The lowest BCUT2D eigenvalue weighted by molar-refractivity contribution is -0.140. The van der Waals surface area contributed by atoms with Gasteiger partial charge in [-0.25, -0.2) is 0 Å². The minimum absolute atomic E-state index is 0.00312. The molecule has 29 heavy (non-hydrogen) atoms. The highest BCUT2D eigenvalue weighted by Crippen LogP contribution is 2.58. The van der Waals surface area contributed by atoms with Crippen LogP contribution in [0.5, 0.6) is 0 Å². The van der Waals surface area contributed by atoms with Crippen LogP contribution in [0.2, 0.25) is 0 Å². The molecule has 1 N–H and O–H groups in total. The Kier molecular flexibility index (Phi) is 5.98. The molecule has 1 aliphatic carbocycles. The fraction of sp³-hybridized carbons (Fsp3) is 0.667. The summed E-state index contributed by atoms with van der Waals surface area (Å²) in [6.45, 7) is 15.8. The van der Waals surface area contributed by atoms with E-state index < -0.39 is 0 Å². The number of hydrogen-bond acceptors (Lipinski definition) is 3. The molecule has 1 heterocycles. The van der Waals surface area contributed by atoms with Gasteiger partial charge in [-0.2, -0.15) is 0 Å². The summed E-state index contributed by atoms with van der Waals surface area (Å²) in [6.07, 6.45) is 1.85. The van der Waals surface area contributed by atoms with Gasteiger partial charge < -0.3 is 15.1 Å². The van der Waals surface area contributed by atoms with Crippen molar-refractivity contribution in [3.63, 3.8) is 0 Å². The van der Waals surface area contributed by atoms with E-state index in [2.05, 4.69) is 74.0 Å². The Labute approximate surface area is 175 Å². The number of carbonyl (C=O) groups is 2. The summed E-state index contributed by atoms with van der Waals surface area (Å²) < 4.78 is 0. The lowest BCUT2D eigenvalue weighted by Crippen LogP contribution is -2.55. The summed E-state index contributed by atoms with van der Waals surface area (Å²) in [5, 5.41) is 3.08. The van der Waals surface area contributed by atoms with Crippen molar-refractivity contribution in [3.8, 4) is 0 Å². The summed E-state index contributed by atoms with van der Waals surface area (Å²) in [6, 6.07) is 8.51. The molecule has 3 atom stereocenters. The summed E-state index contributed by atoms with van der Waals surface area (Å²) in [4.78, 5) is 29.5. The molecule has 2 fully saturated rings. The molecule has 5 heteroatoms. The van der Waals surface area contributed by atoms with Gasteiger partial charge in [0.2, 0.25) is 11.8 Å². The molecular formula is C24H37N3O2. The topological polar surface area (TPSA) is 52.7 Å². The zero-order valence-corrected chi connectivity index (χ0v) is 18.9. The number of benzene rings is 1. The number of hydrogen-bond donors (Lipinski definition) is 1. The number of aryl methyl sites for hydroxylation is 1. The van der Waals surface area contributed by atoms with Gasteiger partial charge in [-0.3, -0.25) is 9.59 Å². The van der Waals surface area contributed by atoms with Crippen LogP contribution in [0, 0.1) is 23.7 Å². The first-order valence-electron chi connectivity index (χ1n) is 10.9. The van der Waals surface area contributed by atoms with E-state index in [1.54, 1.807) is 6.92 Å². The van der Waals surface area contributed by atoms with E-state index in [1.165, 1.54) is 11.3 Å². The van der Waals surface area contributed by atoms with Gasteiger partial charge in [0.1, 0.15) is 0 Å². The Morgan fingerprint density at radius 3 is 2.31 bits per heavy atom. The number of nitrogens with zero attached hydrogens (tertiary/aromatic N) is 2.